The molecule has 0 aliphatic heterocycles. The SMILES string of the molecule is CCCCCCOCCCOc1cccc(CN)c1. The normalized spacial score (nSPS) is 10.6. The van der Waals surface area contributed by atoms with Gasteiger partial charge in [0, 0.05) is 26.2 Å². The van der Waals surface area contributed by atoms with Gasteiger partial charge in [-0.15, -0.1) is 0 Å². The average Bonchev–Trinajstić information content (AvgIpc) is 2.46. The number of ether oxygens (including phenoxy) is 2. The summed E-state index contributed by atoms with van der Waals surface area (Å²) in [4.78, 5) is 0. The van der Waals surface area contributed by atoms with Crippen molar-refractivity contribution >= 4 is 0 Å². The molecule has 1 rings (SSSR count). The number of hydrogen-bond acceptors (Lipinski definition) is 3. The zero-order valence-electron chi connectivity index (χ0n) is 12.1. The highest BCUT2D eigenvalue weighted by atomic mass is 16.5. The molecule has 1 aromatic carbocycles. The molecule has 0 radical (unpaired) electrons. The van der Waals surface area contributed by atoms with E-state index in [1.807, 2.05) is 24.3 Å². The highest BCUT2D eigenvalue weighted by molar-refractivity contribution is 5.28. The van der Waals surface area contributed by atoms with E-state index in [1.165, 1.54) is 25.7 Å². The van der Waals surface area contributed by atoms with Crippen molar-refractivity contribution in [2.45, 2.75) is 45.6 Å². The summed E-state index contributed by atoms with van der Waals surface area (Å²) in [6.07, 6.45) is 5.96. The van der Waals surface area contributed by atoms with Crippen molar-refractivity contribution < 1.29 is 9.47 Å². The molecule has 0 unspecified atom stereocenters. The fourth-order valence-electron chi connectivity index (χ4n) is 1.85. The van der Waals surface area contributed by atoms with Crippen LogP contribution in [-0.2, 0) is 11.3 Å². The van der Waals surface area contributed by atoms with Crippen LogP contribution in [0.3, 0.4) is 0 Å². The highest BCUT2D eigenvalue weighted by Crippen LogP contribution is 2.12. The molecule has 1 aromatic rings. The lowest BCUT2D eigenvalue weighted by molar-refractivity contribution is 0.116. The van der Waals surface area contributed by atoms with Crippen molar-refractivity contribution in [2.24, 2.45) is 5.73 Å². The van der Waals surface area contributed by atoms with Crippen LogP contribution in [-0.4, -0.2) is 19.8 Å². The molecule has 0 aliphatic carbocycles. The smallest absolute Gasteiger partial charge is 0.119 e. The Morgan fingerprint density at radius 2 is 1.84 bits per heavy atom. The molecule has 0 spiro atoms. The van der Waals surface area contributed by atoms with E-state index < -0.39 is 0 Å². The predicted molar refractivity (Wildman–Crippen MR) is 79.4 cm³/mol. The Kier molecular flexibility index (Phi) is 9.11. The Labute approximate surface area is 117 Å². The van der Waals surface area contributed by atoms with Crippen molar-refractivity contribution in [3.05, 3.63) is 29.8 Å². The lowest BCUT2D eigenvalue weighted by atomic mass is 10.2. The molecular weight excluding hydrogens is 238 g/mol. The van der Waals surface area contributed by atoms with Crippen LogP contribution in [0.5, 0.6) is 5.75 Å². The van der Waals surface area contributed by atoms with Gasteiger partial charge < -0.3 is 15.2 Å². The zero-order valence-corrected chi connectivity index (χ0v) is 12.1. The number of benzene rings is 1. The lowest BCUT2D eigenvalue weighted by Crippen LogP contribution is -2.04. The zero-order chi connectivity index (χ0) is 13.8. The fourth-order valence-corrected chi connectivity index (χ4v) is 1.85. The first-order chi connectivity index (χ1) is 9.36. The van der Waals surface area contributed by atoms with Crippen LogP contribution in [0.1, 0.15) is 44.6 Å². The van der Waals surface area contributed by atoms with E-state index in [0.717, 1.165) is 30.9 Å². The lowest BCUT2D eigenvalue weighted by Gasteiger charge is -2.08. The van der Waals surface area contributed by atoms with Crippen LogP contribution < -0.4 is 10.5 Å². The van der Waals surface area contributed by atoms with Crippen LogP contribution in [0.25, 0.3) is 0 Å². The van der Waals surface area contributed by atoms with Crippen molar-refractivity contribution in [3.63, 3.8) is 0 Å². The third-order valence-corrected chi connectivity index (χ3v) is 2.98. The maximum Gasteiger partial charge on any atom is 0.119 e. The first-order valence-electron chi connectivity index (χ1n) is 7.36. The second-order valence-corrected chi connectivity index (χ2v) is 4.73. The van der Waals surface area contributed by atoms with Crippen LogP contribution in [0.2, 0.25) is 0 Å². The minimum atomic E-state index is 0.554. The van der Waals surface area contributed by atoms with Gasteiger partial charge in [-0.2, -0.15) is 0 Å². The largest absolute Gasteiger partial charge is 0.493 e. The number of hydrogen-bond donors (Lipinski definition) is 1. The summed E-state index contributed by atoms with van der Waals surface area (Å²) < 4.78 is 11.2. The monoisotopic (exact) mass is 265 g/mol. The van der Waals surface area contributed by atoms with E-state index in [1.54, 1.807) is 0 Å². The Bertz CT molecular complexity index is 328. The van der Waals surface area contributed by atoms with Gasteiger partial charge in [-0.3, -0.25) is 0 Å². The van der Waals surface area contributed by atoms with E-state index in [-0.39, 0.29) is 0 Å². The quantitative estimate of drug-likeness (QED) is 0.623. The van der Waals surface area contributed by atoms with Crippen molar-refractivity contribution in [1.29, 1.82) is 0 Å². The van der Waals surface area contributed by atoms with E-state index in [0.29, 0.717) is 13.2 Å². The minimum absolute atomic E-state index is 0.554. The summed E-state index contributed by atoms with van der Waals surface area (Å²) in [5, 5.41) is 0. The molecule has 0 atom stereocenters. The standard InChI is InChI=1S/C16H27NO2/c1-2-3-4-5-10-18-11-7-12-19-16-9-6-8-15(13-16)14-17/h6,8-9,13H,2-5,7,10-12,14,17H2,1H3. The molecule has 108 valence electrons. The second-order valence-electron chi connectivity index (χ2n) is 4.73. The summed E-state index contributed by atoms with van der Waals surface area (Å²) in [6.45, 7) is 5.13. The third-order valence-electron chi connectivity index (χ3n) is 2.98. The van der Waals surface area contributed by atoms with Crippen molar-refractivity contribution in [3.8, 4) is 5.75 Å². The van der Waals surface area contributed by atoms with Gasteiger partial charge in [0.05, 0.1) is 6.61 Å². The first kappa shape index (κ1) is 16.0. The van der Waals surface area contributed by atoms with E-state index >= 15 is 0 Å². The number of rotatable bonds is 11. The van der Waals surface area contributed by atoms with Gasteiger partial charge in [0.25, 0.3) is 0 Å². The Hall–Kier alpha value is -1.06. The van der Waals surface area contributed by atoms with Gasteiger partial charge in [0.1, 0.15) is 5.75 Å². The van der Waals surface area contributed by atoms with Gasteiger partial charge in [-0.1, -0.05) is 38.3 Å². The molecule has 0 saturated carbocycles. The molecular formula is C16H27NO2. The summed E-state index contributed by atoms with van der Waals surface area (Å²) in [7, 11) is 0. The van der Waals surface area contributed by atoms with Crippen LogP contribution in [0.15, 0.2) is 24.3 Å². The van der Waals surface area contributed by atoms with Crippen LogP contribution >= 0.6 is 0 Å². The molecule has 0 bridgehead atoms. The Morgan fingerprint density at radius 1 is 1.00 bits per heavy atom. The predicted octanol–water partition coefficient (Wildman–Crippen LogP) is 3.51. The topological polar surface area (TPSA) is 44.5 Å². The van der Waals surface area contributed by atoms with Gasteiger partial charge in [0.2, 0.25) is 0 Å². The summed E-state index contributed by atoms with van der Waals surface area (Å²) in [5.74, 6) is 0.894. The van der Waals surface area contributed by atoms with Crippen LogP contribution in [0.4, 0.5) is 0 Å². The molecule has 0 aliphatic rings. The number of nitrogens with two attached hydrogens (primary N) is 1. The molecule has 3 nitrogen and oxygen atoms in total. The Balaban J connectivity index is 1.98. The molecule has 0 fully saturated rings. The molecule has 0 amide bonds. The van der Waals surface area contributed by atoms with E-state index in [9.17, 15) is 0 Å². The van der Waals surface area contributed by atoms with Crippen LogP contribution in [0, 0.1) is 0 Å². The minimum Gasteiger partial charge on any atom is -0.493 e. The molecule has 3 heteroatoms. The maximum absolute atomic E-state index is 5.66. The Morgan fingerprint density at radius 3 is 2.63 bits per heavy atom. The third kappa shape index (κ3) is 7.85. The molecule has 2 N–H and O–H groups in total. The second kappa shape index (κ2) is 10.8. The highest BCUT2D eigenvalue weighted by Gasteiger charge is 1.96. The summed E-state index contributed by atoms with van der Waals surface area (Å²) in [5.41, 5.74) is 6.69. The summed E-state index contributed by atoms with van der Waals surface area (Å²) in [6, 6.07) is 7.93. The van der Waals surface area contributed by atoms with Gasteiger partial charge >= 0.3 is 0 Å². The number of unbranched alkanes of at least 4 members (excludes halogenated alkanes) is 3. The average molecular weight is 265 g/mol. The summed E-state index contributed by atoms with van der Waals surface area (Å²) >= 11 is 0. The molecule has 0 saturated heterocycles. The van der Waals surface area contributed by atoms with Gasteiger partial charge in [0.15, 0.2) is 0 Å². The van der Waals surface area contributed by atoms with Gasteiger partial charge in [-0.25, -0.2) is 0 Å². The van der Waals surface area contributed by atoms with E-state index in [4.69, 9.17) is 15.2 Å². The maximum atomic E-state index is 5.66. The van der Waals surface area contributed by atoms with E-state index in [2.05, 4.69) is 6.92 Å². The molecule has 0 heterocycles. The fraction of sp³-hybridized carbons (Fsp3) is 0.625. The van der Waals surface area contributed by atoms with Crippen molar-refractivity contribution in [2.75, 3.05) is 19.8 Å². The first-order valence-corrected chi connectivity index (χ1v) is 7.36. The molecule has 0 aromatic heterocycles. The van der Waals surface area contributed by atoms with Crippen molar-refractivity contribution in [1.82, 2.24) is 0 Å². The van der Waals surface area contributed by atoms with Gasteiger partial charge in [-0.05, 0) is 24.1 Å². The molecule has 19 heavy (non-hydrogen) atoms.